The number of hydrogen-bond donors (Lipinski definition) is 2. The fraction of sp³-hybridized carbons (Fsp3) is 0.545. The molecule has 6 heteroatoms. The topological polar surface area (TPSA) is 74.6 Å². The Bertz CT molecular complexity index is 889. The van der Waals surface area contributed by atoms with Crippen LogP contribution in [0.2, 0.25) is 0 Å². The molecule has 4 nitrogen and oxygen atoms in total. The maximum absolute atomic E-state index is 12.6. The summed E-state index contributed by atoms with van der Waals surface area (Å²) < 4.78 is 0. The third-order valence-electron chi connectivity index (χ3n) is 7.91. The molecule has 0 saturated heterocycles. The number of Topliss-reactive ketones (excluding diaryl/α,β-unsaturated/α-hetero) is 1. The second kappa shape index (κ2) is 5.91. The van der Waals surface area contributed by atoms with Crippen molar-refractivity contribution in [3.8, 4) is 0 Å². The van der Waals surface area contributed by atoms with Crippen LogP contribution < -0.4 is 0 Å². The number of ketones is 2. The molecule has 2 fully saturated rings. The molecule has 0 radical (unpaired) electrons. The van der Waals surface area contributed by atoms with E-state index in [9.17, 15) is 19.8 Å². The van der Waals surface area contributed by atoms with E-state index in [1.807, 2.05) is 32.1 Å². The van der Waals surface area contributed by atoms with Crippen LogP contribution in [-0.2, 0) is 9.59 Å². The highest BCUT2D eigenvalue weighted by molar-refractivity contribution is 6.34. The van der Waals surface area contributed by atoms with Gasteiger partial charge in [-0.3, -0.25) is 9.59 Å². The second-order valence-electron chi connectivity index (χ2n) is 8.99. The van der Waals surface area contributed by atoms with E-state index in [2.05, 4.69) is 6.58 Å². The van der Waals surface area contributed by atoms with Crippen molar-refractivity contribution in [3.63, 3.8) is 0 Å². The number of fused-ring (bicyclic) bond motifs is 5. The fourth-order valence-corrected chi connectivity index (χ4v) is 7.37. The van der Waals surface area contributed by atoms with Crippen LogP contribution in [0.25, 0.3) is 0 Å². The molecule has 4 aliphatic rings. The lowest BCUT2D eigenvalue weighted by Gasteiger charge is -2.62. The van der Waals surface area contributed by atoms with E-state index < -0.39 is 39.1 Å². The molecule has 28 heavy (non-hydrogen) atoms. The van der Waals surface area contributed by atoms with Gasteiger partial charge in [0.15, 0.2) is 17.2 Å². The summed E-state index contributed by atoms with van der Waals surface area (Å²) in [4.78, 5) is 23.5. The quantitative estimate of drug-likeness (QED) is 0.529. The van der Waals surface area contributed by atoms with Gasteiger partial charge in [-0.25, -0.2) is 0 Å². The second-order valence-corrected chi connectivity index (χ2v) is 10.1. The first-order valence-corrected chi connectivity index (χ1v) is 10.3. The Balaban J connectivity index is 1.90. The summed E-state index contributed by atoms with van der Waals surface area (Å²) in [7, 11) is 0. The first-order chi connectivity index (χ1) is 13.0. The number of rotatable bonds is 2. The van der Waals surface area contributed by atoms with E-state index >= 15 is 0 Å². The Labute approximate surface area is 174 Å². The van der Waals surface area contributed by atoms with Crippen molar-refractivity contribution in [2.24, 2.45) is 22.7 Å². The lowest BCUT2D eigenvalue weighted by molar-refractivity contribution is -0.154. The van der Waals surface area contributed by atoms with Gasteiger partial charge in [-0.15, -0.1) is 23.2 Å². The Hall–Kier alpha value is -1.20. The maximum atomic E-state index is 12.6. The van der Waals surface area contributed by atoms with Gasteiger partial charge in [0.1, 0.15) is 6.61 Å². The molecular weight excluding hydrogens is 399 g/mol. The maximum Gasteiger partial charge on any atom is 0.194 e. The Morgan fingerprint density at radius 1 is 1.36 bits per heavy atom. The number of allylic oxidation sites excluding steroid dienone is 6. The molecule has 0 bridgehead atoms. The molecule has 4 rings (SSSR count). The highest BCUT2D eigenvalue weighted by Gasteiger charge is 2.73. The van der Waals surface area contributed by atoms with E-state index in [1.54, 1.807) is 6.08 Å². The van der Waals surface area contributed by atoms with Crippen LogP contribution >= 0.6 is 23.2 Å². The third-order valence-corrected chi connectivity index (χ3v) is 9.42. The highest BCUT2D eigenvalue weighted by atomic mass is 35.5. The van der Waals surface area contributed by atoms with Gasteiger partial charge in [-0.2, -0.15) is 0 Å². The molecule has 150 valence electrons. The van der Waals surface area contributed by atoms with Gasteiger partial charge < -0.3 is 10.2 Å². The Morgan fingerprint density at radius 3 is 2.68 bits per heavy atom. The predicted octanol–water partition coefficient (Wildman–Crippen LogP) is 3.11. The summed E-state index contributed by atoms with van der Waals surface area (Å²) in [6.07, 6.45) is 9.54. The number of aliphatic hydroxyl groups is 2. The highest BCUT2D eigenvalue weighted by Crippen LogP contribution is 2.70. The summed E-state index contributed by atoms with van der Waals surface area (Å²) in [5.74, 6) is -1.15. The minimum Gasteiger partial charge on any atom is -0.388 e. The van der Waals surface area contributed by atoms with E-state index in [0.29, 0.717) is 18.4 Å². The van der Waals surface area contributed by atoms with Crippen molar-refractivity contribution in [2.45, 2.75) is 42.5 Å². The summed E-state index contributed by atoms with van der Waals surface area (Å²) in [6, 6.07) is 0. The molecule has 0 heterocycles. The van der Waals surface area contributed by atoms with Crippen molar-refractivity contribution in [2.75, 3.05) is 6.61 Å². The number of carbonyl (C=O) groups excluding carboxylic acids is 2. The molecule has 4 aliphatic carbocycles. The van der Waals surface area contributed by atoms with Crippen molar-refractivity contribution in [3.05, 3.63) is 48.1 Å². The van der Waals surface area contributed by atoms with Crippen molar-refractivity contribution in [1.82, 2.24) is 0 Å². The SMILES string of the molecule is C=C1C[C@H]2[C@@H]3C=CC4=CC(=O)C=C[C@]4(C)[C@@]3(Cl)C(Cl)C[C@]2(C)[C@@]1(O)C(=O)CO. The summed E-state index contributed by atoms with van der Waals surface area (Å²) >= 11 is 14.3. The van der Waals surface area contributed by atoms with E-state index in [-0.39, 0.29) is 17.6 Å². The van der Waals surface area contributed by atoms with Gasteiger partial charge in [0.2, 0.25) is 0 Å². The average molecular weight is 423 g/mol. The summed E-state index contributed by atoms with van der Waals surface area (Å²) in [6.45, 7) is 7.05. The molecule has 0 amide bonds. The molecule has 2 N–H and O–H groups in total. The lowest BCUT2D eigenvalue weighted by atomic mass is 9.48. The van der Waals surface area contributed by atoms with E-state index in [4.69, 9.17) is 23.2 Å². The minimum atomic E-state index is -1.83. The Kier molecular flexibility index (Phi) is 4.24. The Morgan fingerprint density at radius 2 is 2.04 bits per heavy atom. The molecule has 7 atom stereocenters. The standard InChI is InChI=1S/C22H24Cl2O4/c1-12-8-16-15-5-4-13-9-14(26)6-7-19(13,2)21(15,24)17(23)10-20(16,3)22(12,28)18(27)11-25/h4-7,9,15-17,25,28H,1,8,10-11H2,2-3H3/t15-,16-,17?,19-,20-,21-,22-/m0/s1. The van der Waals surface area contributed by atoms with Gasteiger partial charge in [-0.05, 0) is 42.1 Å². The minimum absolute atomic E-state index is 0.0835. The molecule has 1 unspecified atom stereocenters. The predicted molar refractivity (Wildman–Crippen MR) is 108 cm³/mol. The smallest absolute Gasteiger partial charge is 0.194 e. The number of alkyl halides is 2. The van der Waals surface area contributed by atoms with Crippen LogP contribution in [0.5, 0.6) is 0 Å². The zero-order valence-corrected chi connectivity index (χ0v) is 17.4. The van der Waals surface area contributed by atoms with Crippen molar-refractivity contribution < 1.29 is 19.8 Å². The van der Waals surface area contributed by atoms with Crippen LogP contribution in [0, 0.1) is 22.7 Å². The number of hydrogen-bond acceptors (Lipinski definition) is 4. The van der Waals surface area contributed by atoms with Crippen LogP contribution in [-0.4, -0.2) is 44.2 Å². The van der Waals surface area contributed by atoms with Crippen LogP contribution in [0.3, 0.4) is 0 Å². The molecule has 0 spiro atoms. The van der Waals surface area contributed by atoms with E-state index in [1.165, 1.54) is 6.08 Å². The van der Waals surface area contributed by atoms with Crippen LogP contribution in [0.15, 0.2) is 48.1 Å². The third kappa shape index (κ3) is 2.05. The van der Waals surface area contributed by atoms with Crippen molar-refractivity contribution in [1.29, 1.82) is 0 Å². The molecule has 0 aromatic rings. The van der Waals surface area contributed by atoms with E-state index in [0.717, 1.165) is 5.57 Å². The molecule has 2 saturated carbocycles. The zero-order chi connectivity index (χ0) is 20.7. The van der Waals surface area contributed by atoms with Gasteiger partial charge in [0.25, 0.3) is 0 Å². The average Bonchev–Trinajstić information content (AvgIpc) is 2.84. The fourth-order valence-electron chi connectivity index (χ4n) is 6.20. The van der Waals surface area contributed by atoms with Crippen molar-refractivity contribution >= 4 is 34.8 Å². The van der Waals surface area contributed by atoms with Gasteiger partial charge in [0, 0.05) is 16.7 Å². The molecule has 0 aliphatic heterocycles. The van der Waals surface area contributed by atoms with Crippen LogP contribution in [0.1, 0.15) is 26.7 Å². The first-order valence-electron chi connectivity index (χ1n) is 9.48. The molecular formula is C22H24Cl2O4. The number of aliphatic hydroxyl groups excluding tert-OH is 1. The molecule has 0 aromatic heterocycles. The zero-order valence-electron chi connectivity index (χ0n) is 15.9. The largest absolute Gasteiger partial charge is 0.388 e. The lowest BCUT2D eigenvalue weighted by Crippen LogP contribution is -2.66. The first kappa shape index (κ1) is 20.1. The normalized spacial score (nSPS) is 49.4. The monoisotopic (exact) mass is 422 g/mol. The summed E-state index contributed by atoms with van der Waals surface area (Å²) in [5, 5.41) is 20.3. The van der Waals surface area contributed by atoms with Gasteiger partial charge >= 0.3 is 0 Å². The van der Waals surface area contributed by atoms with Gasteiger partial charge in [-0.1, -0.05) is 38.7 Å². The van der Waals surface area contributed by atoms with Gasteiger partial charge in [0.05, 0.1) is 10.3 Å². The summed E-state index contributed by atoms with van der Waals surface area (Å²) in [5.41, 5.74) is -2.16. The number of halogens is 2. The van der Waals surface area contributed by atoms with Crippen LogP contribution in [0.4, 0.5) is 0 Å². The molecule has 0 aromatic carbocycles. The number of carbonyl (C=O) groups is 2.